The minimum Gasteiger partial charge on any atom is -0.454 e. The maximum Gasteiger partial charge on any atom is 0.231 e. The van der Waals surface area contributed by atoms with E-state index in [0.717, 1.165) is 56.1 Å². The molecule has 0 spiro atoms. The predicted molar refractivity (Wildman–Crippen MR) is 126 cm³/mol. The number of halogens is 2. The molecule has 0 unspecified atom stereocenters. The van der Waals surface area contributed by atoms with Crippen LogP contribution < -0.4 is 15.2 Å². The van der Waals surface area contributed by atoms with E-state index >= 15 is 0 Å². The summed E-state index contributed by atoms with van der Waals surface area (Å²) in [5, 5.41) is 1.54. The maximum atomic E-state index is 6.15. The number of hydrogen-bond donors (Lipinski definition) is 1. The van der Waals surface area contributed by atoms with E-state index in [2.05, 4.69) is 42.6 Å². The van der Waals surface area contributed by atoms with Gasteiger partial charge in [-0.05, 0) is 58.6 Å². The van der Waals surface area contributed by atoms with E-state index in [1.807, 2.05) is 24.3 Å². The highest BCUT2D eigenvalue weighted by molar-refractivity contribution is 9.10. The Morgan fingerprint density at radius 3 is 2.62 bits per heavy atom. The second-order valence-corrected chi connectivity index (χ2v) is 10.2. The van der Waals surface area contributed by atoms with Gasteiger partial charge in [-0.25, -0.2) is 15.0 Å². The second kappa shape index (κ2) is 7.54. The summed E-state index contributed by atoms with van der Waals surface area (Å²) >= 11 is 11.3. The molecular formula is C22H17BrClN5O2S. The number of imidazole rings is 1. The quantitative estimate of drug-likeness (QED) is 0.368. The first kappa shape index (κ1) is 20.1. The zero-order valence-corrected chi connectivity index (χ0v) is 19.9. The van der Waals surface area contributed by atoms with Gasteiger partial charge in [0.15, 0.2) is 33.6 Å². The van der Waals surface area contributed by atoms with E-state index in [9.17, 15) is 0 Å². The van der Waals surface area contributed by atoms with Gasteiger partial charge in [0.1, 0.15) is 6.33 Å². The van der Waals surface area contributed by atoms with Crippen molar-refractivity contribution in [1.82, 2.24) is 19.5 Å². The van der Waals surface area contributed by atoms with Crippen molar-refractivity contribution in [1.29, 1.82) is 0 Å². The van der Waals surface area contributed by atoms with E-state index < -0.39 is 0 Å². The first-order valence-electron chi connectivity index (χ1n) is 10.0. The predicted octanol–water partition coefficient (Wildman–Crippen LogP) is 5.44. The molecule has 2 aromatic heterocycles. The molecule has 0 amide bonds. The molecule has 1 aliphatic heterocycles. The molecule has 0 atom stereocenters. The van der Waals surface area contributed by atoms with Crippen LogP contribution in [0.25, 0.3) is 11.2 Å². The zero-order chi connectivity index (χ0) is 21.9. The summed E-state index contributed by atoms with van der Waals surface area (Å²) in [6.07, 6.45) is 3.67. The standard InChI is InChI=1S/C22H17BrClN5O2S/c23-14-7-15-16(31-11-30-15)8-17(14)32-21-28-18-19(25)26-10-27-20(18)29(21)9-22(5-6-22)12-1-3-13(24)4-2-12/h1-4,7-8,10H,5-6,9,11H2,(H2,25,26,27). The lowest BCUT2D eigenvalue weighted by Gasteiger charge is -2.19. The lowest BCUT2D eigenvalue weighted by atomic mass is 9.96. The number of fused-ring (bicyclic) bond motifs is 2. The molecule has 2 N–H and O–H groups in total. The minimum absolute atomic E-state index is 0.0271. The van der Waals surface area contributed by atoms with Crippen LogP contribution in [0.4, 0.5) is 5.82 Å². The molecule has 0 saturated heterocycles. The number of nitrogens with zero attached hydrogens (tertiary/aromatic N) is 4. The highest BCUT2D eigenvalue weighted by atomic mass is 79.9. The van der Waals surface area contributed by atoms with E-state index in [1.165, 1.54) is 23.7 Å². The number of benzene rings is 2. The second-order valence-electron chi connectivity index (χ2n) is 7.94. The van der Waals surface area contributed by atoms with Crippen LogP contribution in [0, 0.1) is 0 Å². The lowest BCUT2D eigenvalue weighted by molar-refractivity contribution is 0.174. The van der Waals surface area contributed by atoms with Gasteiger partial charge in [-0.2, -0.15) is 0 Å². The molecule has 32 heavy (non-hydrogen) atoms. The molecule has 7 nitrogen and oxygen atoms in total. The van der Waals surface area contributed by atoms with Crippen molar-refractivity contribution in [2.75, 3.05) is 12.5 Å². The van der Waals surface area contributed by atoms with Crippen molar-refractivity contribution >= 4 is 56.3 Å². The average molecular weight is 531 g/mol. The topological polar surface area (TPSA) is 88.1 Å². The van der Waals surface area contributed by atoms with Crippen molar-refractivity contribution < 1.29 is 9.47 Å². The largest absolute Gasteiger partial charge is 0.454 e. The highest BCUT2D eigenvalue weighted by Gasteiger charge is 2.45. The third-order valence-electron chi connectivity index (χ3n) is 5.92. The molecule has 4 aromatic rings. The molecule has 3 heterocycles. The Bertz CT molecular complexity index is 1360. The number of aromatic nitrogens is 4. The van der Waals surface area contributed by atoms with Gasteiger partial charge in [-0.15, -0.1) is 0 Å². The maximum absolute atomic E-state index is 6.15. The molecule has 10 heteroatoms. The average Bonchev–Trinajstić information content (AvgIpc) is 3.29. The fraction of sp³-hybridized carbons (Fsp3) is 0.227. The summed E-state index contributed by atoms with van der Waals surface area (Å²) in [5.41, 5.74) is 8.79. The van der Waals surface area contributed by atoms with Gasteiger partial charge >= 0.3 is 0 Å². The molecule has 0 radical (unpaired) electrons. The van der Waals surface area contributed by atoms with E-state index in [-0.39, 0.29) is 12.2 Å². The molecule has 6 rings (SSSR count). The number of nitrogen functional groups attached to an aromatic ring is 1. The van der Waals surface area contributed by atoms with Gasteiger partial charge in [0.25, 0.3) is 0 Å². The smallest absolute Gasteiger partial charge is 0.231 e. The van der Waals surface area contributed by atoms with E-state index in [4.69, 9.17) is 31.8 Å². The van der Waals surface area contributed by atoms with Crippen molar-refractivity contribution in [2.24, 2.45) is 0 Å². The number of hydrogen-bond acceptors (Lipinski definition) is 7. The van der Waals surface area contributed by atoms with Crippen molar-refractivity contribution in [3.63, 3.8) is 0 Å². The van der Waals surface area contributed by atoms with E-state index in [0.29, 0.717) is 11.3 Å². The first-order chi connectivity index (χ1) is 15.5. The van der Waals surface area contributed by atoms with Crippen LogP contribution in [0.1, 0.15) is 18.4 Å². The third kappa shape index (κ3) is 3.39. The number of anilines is 1. The van der Waals surface area contributed by atoms with Gasteiger partial charge in [0.05, 0.1) is 0 Å². The molecule has 1 saturated carbocycles. The fourth-order valence-electron chi connectivity index (χ4n) is 4.02. The molecule has 0 bridgehead atoms. The Balaban J connectivity index is 1.43. The Morgan fingerprint density at radius 1 is 1.12 bits per heavy atom. The van der Waals surface area contributed by atoms with Gasteiger partial charge in [-0.3, -0.25) is 0 Å². The first-order valence-corrected chi connectivity index (χ1v) is 12.0. The van der Waals surface area contributed by atoms with Crippen LogP contribution in [-0.2, 0) is 12.0 Å². The zero-order valence-electron chi connectivity index (χ0n) is 16.7. The number of rotatable bonds is 5. The van der Waals surface area contributed by atoms with Crippen LogP contribution >= 0.6 is 39.3 Å². The fourth-order valence-corrected chi connectivity index (χ4v) is 5.63. The van der Waals surface area contributed by atoms with Gasteiger partial charge in [0, 0.05) is 26.4 Å². The lowest BCUT2D eigenvalue weighted by Crippen LogP contribution is -2.17. The Labute approximate surface area is 201 Å². The van der Waals surface area contributed by atoms with Crippen LogP contribution in [0.5, 0.6) is 11.5 Å². The van der Waals surface area contributed by atoms with Crippen LogP contribution in [0.3, 0.4) is 0 Å². The summed E-state index contributed by atoms with van der Waals surface area (Å²) in [6, 6.07) is 12.0. The summed E-state index contributed by atoms with van der Waals surface area (Å²) in [4.78, 5) is 14.4. The Hall–Kier alpha value is -2.49. The van der Waals surface area contributed by atoms with Crippen molar-refractivity contribution in [3.05, 3.63) is 57.8 Å². The molecule has 2 aliphatic rings. The Kier molecular flexibility index (Phi) is 4.74. The molecule has 162 valence electrons. The monoisotopic (exact) mass is 529 g/mol. The molecule has 2 aromatic carbocycles. The number of ether oxygens (including phenoxy) is 2. The van der Waals surface area contributed by atoms with Gasteiger partial charge < -0.3 is 19.8 Å². The van der Waals surface area contributed by atoms with Gasteiger partial charge in [0.2, 0.25) is 6.79 Å². The highest BCUT2D eigenvalue weighted by Crippen LogP contribution is 2.51. The summed E-state index contributed by atoms with van der Waals surface area (Å²) < 4.78 is 14.1. The summed E-state index contributed by atoms with van der Waals surface area (Å²) in [6.45, 7) is 0.968. The minimum atomic E-state index is 0.0271. The molecule has 1 aliphatic carbocycles. The van der Waals surface area contributed by atoms with Crippen LogP contribution in [-0.4, -0.2) is 26.3 Å². The molecule has 1 fully saturated rings. The van der Waals surface area contributed by atoms with Gasteiger partial charge in [-0.1, -0.05) is 35.5 Å². The van der Waals surface area contributed by atoms with E-state index in [1.54, 1.807) is 0 Å². The normalized spacial score (nSPS) is 15.9. The molecular weight excluding hydrogens is 514 g/mol. The summed E-state index contributed by atoms with van der Waals surface area (Å²) in [7, 11) is 0. The van der Waals surface area contributed by atoms with Crippen LogP contribution in [0.2, 0.25) is 5.02 Å². The Morgan fingerprint density at radius 2 is 1.88 bits per heavy atom. The summed E-state index contributed by atoms with van der Waals surface area (Å²) in [5.74, 6) is 1.82. The van der Waals surface area contributed by atoms with Crippen molar-refractivity contribution in [2.45, 2.75) is 34.9 Å². The van der Waals surface area contributed by atoms with Crippen LogP contribution in [0.15, 0.2) is 57.3 Å². The number of nitrogens with two attached hydrogens (primary N) is 1. The SMILES string of the molecule is Nc1ncnc2c1nc(Sc1cc3c(cc1Br)OCO3)n2CC1(c2ccc(Cl)cc2)CC1. The van der Waals surface area contributed by atoms with Crippen molar-refractivity contribution in [3.8, 4) is 11.5 Å². The third-order valence-corrected chi connectivity index (χ3v) is 8.15.